The molecule has 0 heterocycles. The summed E-state index contributed by atoms with van der Waals surface area (Å²) in [6.07, 6.45) is 1.48. The van der Waals surface area contributed by atoms with Crippen molar-refractivity contribution in [1.29, 1.82) is 0 Å². The van der Waals surface area contributed by atoms with Crippen molar-refractivity contribution < 1.29 is 25.9 Å². The molecule has 0 fully saturated rings. The zero-order valence-corrected chi connectivity index (χ0v) is 18.0. The van der Waals surface area contributed by atoms with Crippen LogP contribution in [0.3, 0.4) is 0 Å². The van der Waals surface area contributed by atoms with Gasteiger partial charge in [0.2, 0.25) is 0 Å². The van der Waals surface area contributed by atoms with Gasteiger partial charge < -0.3 is 9.11 Å². The molecule has 0 bridgehead atoms. The quantitative estimate of drug-likeness (QED) is 0.446. The van der Waals surface area contributed by atoms with E-state index in [0.29, 0.717) is 0 Å². The molecule has 0 unspecified atom stereocenters. The first-order valence-electron chi connectivity index (χ1n) is 5.78. The number of rotatable bonds is 6. The molecule has 0 aromatic heterocycles. The van der Waals surface area contributed by atoms with Crippen molar-refractivity contribution in [3.63, 3.8) is 0 Å². The summed E-state index contributed by atoms with van der Waals surface area (Å²) in [4.78, 5) is 0. The van der Waals surface area contributed by atoms with Crippen LogP contribution in [0.2, 0.25) is 0 Å². The Morgan fingerprint density at radius 3 is 1.05 bits per heavy atom. The maximum absolute atomic E-state index is 10.0. The maximum atomic E-state index is 10.0. The zero-order chi connectivity index (χ0) is 15.0. The van der Waals surface area contributed by atoms with Crippen molar-refractivity contribution in [3.05, 3.63) is 0 Å². The van der Waals surface area contributed by atoms with Gasteiger partial charge in [0.15, 0.2) is 0 Å². The van der Waals surface area contributed by atoms with Crippen molar-refractivity contribution in [2.75, 3.05) is 11.5 Å². The summed E-state index contributed by atoms with van der Waals surface area (Å²) in [7, 11) is -7.97. The molecule has 0 aliphatic carbocycles. The molecule has 0 aliphatic rings. The van der Waals surface area contributed by atoms with Crippen LogP contribution >= 0.6 is 0 Å². The Morgan fingerprint density at radius 2 is 1.00 bits per heavy atom. The minimum atomic E-state index is -3.99. The molecule has 0 spiro atoms. The summed E-state index contributed by atoms with van der Waals surface area (Å²) in [5.74, 6) is -0.479. The normalized spacial score (nSPS) is 14.6. The van der Waals surface area contributed by atoms with Crippen LogP contribution in [0.4, 0.5) is 0 Å². The zero-order valence-electron chi connectivity index (χ0n) is 12.0. The second kappa shape index (κ2) is 12.0. The Balaban J connectivity index is -0.000000256. The van der Waals surface area contributed by atoms with Crippen LogP contribution in [0.15, 0.2) is 0 Å². The molecular formula is C10H22BaO6S2. The van der Waals surface area contributed by atoms with Crippen molar-refractivity contribution in [1.82, 2.24) is 0 Å². The molecule has 0 aromatic carbocycles. The third kappa shape index (κ3) is 24.8. The van der Waals surface area contributed by atoms with Crippen LogP contribution in [0.25, 0.3) is 0 Å². The predicted molar refractivity (Wildman–Crippen MR) is 73.8 cm³/mol. The van der Waals surface area contributed by atoms with E-state index in [2.05, 4.69) is 0 Å². The molecular weight excluding hydrogens is 418 g/mol. The Bertz CT molecular complexity index is 364. The van der Waals surface area contributed by atoms with Crippen LogP contribution in [0.5, 0.6) is 0 Å². The van der Waals surface area contributed by atoms with Gasteiger partial charge in [0.25, 0.3) is 0 Å². The van der Waals surface area contributed by atoms with Gasteiger partial charge in [-0.15, -0.1) is 0 Å². The summed E-state index contributed by atoms with van der Waals surface area (Å²) in [5, 5.41) is 0. The van der Waals surface area contributed by atoms with Gasteiger partial charge in [0.1, 0.15) is 0 Å². The largest absolute Gasteiger partial charge is 2.00 e. The molecule has 6 nitrogen and oxygen atoms in total. The molecule has 112 valence electrons. The van der Waals surface area contributed by atoms with Crippen LogP contribution < -0.4 is 0 Å². The van der Waals surface area contributed by atoms with E-state index in [-0.39, 0.29) is 72.2 Å². The van der Waals surface area contributed by atoms with Crippen LogP contribution in [-0.2, 0) is 20.2 Å². The molecule has 9 heteroatoms. The summed E-state index contributed by atoms with van der Waals surface area (Å²) in [6.45, 7) is 7.20. The fraction of sp³-hybridized carbons (Fsp3) is 1.00. The van der Waals surface area contributed by atoms with E-state index in [4.69, 9.17) is 0 Å². The topological polar surface area (TPSA) is 114 Å². The van der Waals surface area contributed by atoms with E-state index in [0.717, 1.165) is 12.8 Å². The summed E-state index contributed by atoms with van der Waals surface area (Å²) in [6, 6.07) is 0. The second-order valence-corrected chi connectivity index (χ2v) is 7.37. The fourth-order valence-electron chi connectivity index (χ4n) is 0.933. The first-order chi connectivity index (χ1) is 7.91. The van der Waals surface area contributed by atoms with E-state index in [1.165, 1.54) is 0 Å². The Morgan fingerprint density at radius 1 is 0.789 bits per heavy atom. The van der Waals surface area contributed by atoms with Gasteiger partial charge in [-0.05, 0) is 11.8 Å². The molecule has 2 atom stereocenters. The van der Waals surface area contributed by atoms with Gasteiger partial charge in [-0.3, -0.25) is 0 Å². The second-order valence-electron chi connectivity index (χ2n) is 4.48. The van der Waals surface area contributed by atoms with E-state index in [1.807, 2.05) is 13.8 Å². The molecule has 0 amide bonds. The summed E-state index contributed by atoms with van der Waals surface area (Å²) >= 11 is 0. The smallest absolute Gasteiger partial charge is 0.748 e. The van der Waals surface area contributed by atoms with Gasteiger partial charge in [0, 0.05) is 11.5 Å². The first kappa shape index (κ1) is 25.4. The fourth-order valence-corrected chi connectivity index (χ4v) is 2.80. The van der Waals surface area contributed by atoms with E-state index >= 15 is 0 Å². The standard InChI is InChI=1S/2C5H12O3S.Ba/c2*1-3-5(2)4-9(6,7)8;/h2*5H,3-4H2,1-2H3,(H,6,7,8);/q;;+2/p-2/t2*5-;/m11./s1. The Labute approximate surface area is 157 Å². The van der Waals surface area contributed by atoms with Crippen molar-refractivity contribution >= 4 is 69.1 Å². The minimum absolute atomic E-state index is 0. The average molecular weight is 440 g/mol. The molecule has 0 N–H and O–H groups in total. The minimum Gasteiger partial charge on any atom is -0.748 e. The van der Waals surface area contributed by atoms with E-state index < -0.39 is 20.2 Å². The van der Waals surface area contributed by atoms with Crippen LogP contribution in [0, 0.1) is 11.8 Å². The van der Waals surface area contributed by atoms with E-state index in [1.54, 1.807) is 13.8 Å². The van der Waals surface area contributed by atoms with Gasteiger partial charge in [0.05, 0.1) is 20.2 Å². The number of hydrogen-bond donors (Lipinski definition) is 0. The monoisotopic (exact) mass is 440 g/mol. The van der Waals surface area contributed by atoms with Crippen LogP contribution in [0.1, 0.15) is 40.5 Å². The van der Waals surface area contributed by atoms with Crippen molar-refractivity contribution in [2.45, 2.75) is 40.5 Å². The van der Waals surface area contributed by atoms with Gasteiger partial charge in [-0.25, -0.2) is 16.8 Å². The predicted octanol–water partition coefficient (Wildman–Crippen LogP) is 0.775. The average Bonchev–Trinajstić information content (AvgIpc) is 2.13. The molecule has 0 rings (SSSR count). The Kier molecular flexibility index (Phi) is 16.0. The van der Waals surface area contributed by atoms with Crippen LogP contribution in [-0.4, -0.2) is 86.3 Å². The van der Waals surface area contributed by atoms with Gasteiger partial charge >= 0.3 is 48.9 Å². The maximum Gasteiger partial charge on any atom is 2.00 e. The van der Waals surface area contributed by atoms with Gasteiger partial charge in [-0.2, -0.15) is 0 Å². The Hall–Kier alpha value is 1.39. The summed E-state index contributed by atoms with van der Waals surface area (Å²) < 4.78 is 60.3. The molecule has 0 saturated carbocycles. The first-order valence-corrected chi connectivity index (χ1v) is 8.93. The van der Waals surface area contributed by atoms with Gasteiger partial charge in [-0.1, -0.05) is 40.5 Å². The van der Waals surface area contributed by atoms with E-state index in [9.17, 15) is 25.9 Å². The molecule has 0 aliphatic heterocycles. The third-order valence-corrected chi connectivity index (χ3v) is 4.33. The van der Waals surface area contributed by atoms with Crippen molar-refractivity contribution in [3.8, 4) is 0 Å². The summed E-state index contributed by atoms with van der Waals surface area (Å²) in [5.41, 5.74) is 0. The molecule has 0 saturated heterocycles. The molecule has 19 heavy (non-hydrogen) atoms. The van der Waals surface area contributed by atoms with Crippen molar-refractivity contribution in [2.24, 2.45) is 11.8 Å². The number of hydrogen-bond acceptors (Lipinski definition) is 6. The SMILES string of the molecule is CC[C@@H](C)CS(=O)(=O)[O-].CC[C@@H](C)CS(=O)(=O)[O-].[Ba+2]. The third-order valence-electron chi connectivity index (χ3n) is 2.37. The molecule has 0 aromatic rings. The molecule has 0 radical (unpaired) electrons.